The van der Waals surface area contributed by atoms with Crippen LogP contribution in [0.25, 0.3) is 11.1 Å². The summed E-state index contributed by atoms with van der Waals surface area (Å²) in [6.45, 7) is 6.35. The van der Waals surface area contributed by atoms with E-state index in [0.29, 0.717) is 18.4 Å². The molecule has 27 heavy (non-hydrogen) atoms. The molecule has 0 amide bonds. The Morgan fingerprint density at radius 1 is 1.22 bits per heavy atom. The number of ether oxygens (including phenoxy) is 2. The van der Waals surface area contributed by atoms with Crippen LogP contribution in [-0.2, 0) is 17.8 Å². The second-order valence-electron chi connectivity index (χ2n) is 7.48. The molecule has 0 radical (unpaired) electrons. The molecule has 4 nitrogen and oxygen atoms in total. The van der Waals surface area contributed by atoms with Crippen LogP contribution < -0.4 is 15.4 Å². The molecule has 2 N–H and O–H groups in total. The molecule has 2 aliphatic heterocycles. The van der Waals surface area contributed by atoms with Gasteiger partial charge in [0.25, 0.3) is 0 Å². The first-order chi connectivity index (χ1) is 13.2. The average molecular weight is 370 g/mol. The van der Waals surface area contributed by atoms with E-state index in [-0.39, 0.29) is 11.9 Å². The van der Waals surface area contributed by atoms with Gasteiger partial charge in [0, 0.05) is 37.4 Å². The van der Waals surface area contributed by atoms with Crippen molar-refractivity contribution in [2.45, 2.75) is 38.5 Å². The molecule has 1 fully saturated rings. The maximum atomic E-state index is 13.4. The Balaban J connectivity index is 1.38. The van der Waals surface area contributed by atoms with Gasteiger partial charge in [-0.15, -0.1) is 0 Å². The summed E-state index contributed by atoms with van der Waals surface area (Å²) < 4.78 is 25.0. The predicted molar refractivity (Wildman–Crippen MR) is 105 cm³/mol. The minimum Gasteiger partial charge on any atom is -0.488 e. The van der Waals surface area contributed by atoms with Gasteiger partial charge in [-0.1, -0.05) is 18.2 Å². The molecule has 4 rings (SSSR count). The van der Waals surface area contributed by atoms with E-state index < -0.39 is 0 Å². The summed E-state index contributed by atoms with van der Waals surface area (Å²) in [6, 6.07) is 11.6. The van der Waals surface area contributed by atoms with Crippen molar-refractivity contribution in [1.82, 2.24) is 10.6 Å². The number of nitrogens with one attached hydrogen (secondary N) is 2. The van der Waals surface area contributed by atoms with Crippen LogP contribution >= 0.6 is 0 Å². The van der Waals surface area contributed by atoms with Crippen molar-refractivity contribution >= 4 is 0 Å². The zero-order valence-electron chi connectivity index (χ0n) is 15.8. The van der Waals surface area contributed by atoms with E-state index in [1.165, 1.54) is 17.7 Å². The summed E-state index contributed by atoms with van der Waals surface area (Å²) in [7, 11) is 0. The van der Waals surface area contributed by atoms with E-state index in [0.717, 1.165) is 55.8 Å². The highest BCUT2D eigenvalue weighted by Crippen LogP contribution is 2.38. The first-order valence-electron chi connectivity index (χ1n) is 9.79. The molecule has 0 saturated carbocycles. The van der Waals surface area contributed by atoms with Crippen molar-refractivity contribution in [2.24, 2.45) is 0 Å². The second-order valence-corrected chi connectivity index (χ2v) is 7.48. The normalized spacial score (nSPS) is 20.1. The minimum absolute atomic E-state index is 0.240. The van der Waals surface area contributed by atoms with Crippen LogP contribution in [0.1, 0.15) is 24.5 Å². The smallest absolute Gasteiger partial charge is 0.130 e. The first kappa shape index (κ1) is 18.4. The molecule has 2 atom stereocenters. The zero-order chi connectivity index (χ0) is 18.6. The Morgan fingerprint density at radius 2 is 2.11 bits per heavy atom. The molecule has 0 aliphatic carbocycles. The fourth-order valence-corrected chi connectivity index (χ4v) is 3.81. The Labute approximate surface area is 160 Å². The summed E-state index contributed by atoms with van der Waals surface area (Å²) in [5.41, 5.74) is 4.55. The molecule has 2 heterocycles. The third-order valence-electron chi connectivity index (χ3n) is 5.25. The number of hydrogen-bond donors (Lipinski definition) is 2. The Morgan fingerprint density at radius 3 is 3.04 bits per heavy atom. The van der Waals surface area contributed by atoms with Crippen molar-refractivity contribution < 1.29 is 13.9 Å². The molecule has 2 aromatic rings. The molecule has 0 aromatic heterocycles. The molecule has 0 spiro atoms. The lowest BCUT2D eigenvalue weighted by Gasteiger charge is -2.23. The third kappa shape index (κ3) is 4.49. The summed E-state index contributed by atoms with van der Waals surface area (Å²) in [6.07, 6.45) is 2.27. The van der Waals surface area contributed by atoms with Crippen LogP contribution in [0.4, 0.5) is 4.39 Å². The molecular weight excluding hydrogens is 343 g/mol. The van der Waals surface area contributed by atoms with Crippen molar-refractivity contribution in [3.05, 3.63) is 53.3 Å². The van der Waals surface area contributed by atoms with E-state index in [4.69, 9.17) is 9.47 Å². The monoisotopic (exact) mass is 370 g/mol. The van der Waals surface area contributed by atoms with Gasteiger partial charge in [-0.2, -0.15) is 0 Å². The van der Waals surface area contributed by atoms with Crippen LogP contribution in [0.15, 0.2) is 36.4 Å². The van der Waals surface area contributed by atoms with Crippen LogP contribution in [0.5, 0.6) is 5.75 Å². The first-order valence-corrected chi connectivity index (χ1v) is 9.79. The van der Waals surface area contributed by atoms with Gasteiger partial charge in [-0.05, 0) is 55.1 Å². The van der Waals surface area contributed by atoms with Crippen LogP contribution in [0.3, 0.4) is 0 Å². The predicted octanol–water partition coefficient (Wildman–Crippen LogP) is 3.28. The lowest BCUT2D eigenvalue weighted by atomic mass is 9.93. The second kappa shape index (κ2) is 8.38. The molecule has 144 valence electrons. The molecule has 2 aliphatic rings. The van der Waals surface area contributed by atoms with Crippen molar-refractivity contribution in [3.63, 3.8) is 0 Å². The zero-order valence-corrected chi connectivity index (χ0v) is 15.8. The maximum Gasteiger partial charge on any atom is 0.130 e. The number of benzene rings is 2. The van der Waals surface area contributed by atoms with E-state index in [9.17, 15) is 4.39 Å². The number of hydrogen-bond acceptors (Lipinski definition) is 4. The van der Waals surface area contributed by atoms with Gasteiger partial charge in [0.1, 0.15) is 18.2 Å². The molecule has 2 aromatic carbocycles. The summed E-state index contributed by atoms with van der Waals surface area (Å²) in [5, 5.41) is 7.01. The van der Waals surface area contributed by atoms with Gasteiger partial charge < -0.3 is 20.1 Å². The van der Waals surface area contributed by atoms with Gasteiger partial charge in [0.2, 0.25) is 0 Å². The Kier molecular flexibility index (Phi) is 5.72. The molecule has 1 unspecified atom stereocenters. The van der Waals surface area contributed by atoms with Crippen molar-refractivity contribution in [3.8, 4) is 16.9 Å². The summed E-state index contributed by atoms with van der Waals surface area (Å²) in [5.74, 6) is 0.365. The fraction of sp³-hybridized carbons (Fsp3) is 0.455. The highest BCUT2D eigenvalue weighted by Gasteiger charge is 2.19. The summed E-state index contributed by atoms with van der Waals surface area (Å²) >= 11 is 0. The number of rotatable bonds is 5. The van der Waals surface area contributed by atoms with Gasteiger partial charge in [-0.25, -0.2) is 4.39 Å². The Bertz CT molecular complexity index is 788. The van der Waals surface area contributed by atoms with E-state index in [1.807, 2.05) is 0 Å². The highest BCUT2D eigenvalue weighted by atomic mass is 19.1. The average Bonchev–Trinajstić information content (AvgIpc) is 2.95. The van der Waals surface area contributed by atoms with Gasteiger partial charge >= 0.3 is 0 Å². The van der Waals surface area contributed by atoms with Crippen molar-refractivity contribution in [2.75, 3.05) is 26.2 Å². The van der Waals surface area contributed by atoms with E-state index in [1.54, 1.807) is 6.07 Å². The molecule has 1 saturated heterocycles. The largest absolute Gasteiger partial charge is 0.488 e. The van der Waals surface area contributed by atoms with Crippen LogP contribution in [-0.4, -0.2) is 38.4 Å². The lowest BCUT2D eigenvalue weighted by molar-refractivity contribution is 0.0653. The quantitative estimate of drug-likeness (QED) is 0.848. The van der Waals surface area contributed by atoms with E-state index in [2.05, 4.69) is 35.8 Å². The topological polar surface area (TPSA) is 42.5 Å². The molecule has 5 heteroatoms. The lowest BCUT2D eigenvalue weighted by Crippen LogP contribution is -2.40. The number of halogens is 1. The van der Waals surface area contributed by atoms with Crippen molar-refractivity contribution in [1.29, 1.82) is 0 Å². The standard InChI is InChI=1S/C22H27FN2O2/c1-15(25-13-19-12-24-7-2-8-26-19)9-16-3-5-20-17(10-16)14-27-22-11-18(23)4-6-21(20)22/h3-6,10-11,15,19,24-25H,2,7-9,12-14H2,1H3/t15-,19?/m1/s1. The summed E-state index contributed by atoms with van der Waals surface area (Å²) in [4.78, 5) is 0. The molecular formula is C22H27FN2O2. The van der Waals surface area contributed by atoms with Gasteiger partial charge in [0.15, 0.2) is 0 Å². The minimum atomic E-state index is -0.262. The SMILES string of the molecule is C[C@H](Cc1ccc2c(c1)COc1cc(F)ccc1-2)NCC1CNCCCO1. The maximum absolute atomic E-state index is 13.4. The van der Waals surface area contributed by atoms with Crippen LogP contribution in [0.2, 0.25) is 0 Å². The Hall–Kier alpha value is -1.95. The fourth-order valence-electron chi connectivity index (χ4n) is 3.81. The van der Waals surface area contributed by atoms with Gasteiger partial charge in [0.05, 0.1) is 6.10 Å². The van der Waals surface area contributed by atoms with Gasteiger partial charge in [-0.3, -0.25) is 0 Å². The highest BCUT2D eigenvalue weighted by molar-refractivity contribution is 5.75. The van der Waals surface area contributed by atoms with E-state index >= 15 is 0 Å². The van der Waals surface area contributed by atoms with Crippen LogP contribution in [0, 0.1) is 5.82 Å². The number of fused-ring (bicyclic) bond motifs is 3. The molecule has 0 bridgehead atoms. The third-order valence-corrected chi connectivity index (χ3v) is 5.25.